The van der Waals surface area contributed by atoms with Gasteiger partial charge in [-0.2, -0.15) is 4.31 Å². The lowest BCUT2D eigenvalue weighted by Crippen LogP contribution is -2.48. The van der Waals surface area contributed by atoms with Crippen LogP contribution in [0, 0.1) is 5.82 Å². The first-order valence-electron chi connectivity index (χ1n) is 10.8. The van der Waals surface area contributed by atoms with Gasteiger partial charge in [0.25, 0.3) is 5.91 Å². The molecule has 8 heteroatoms. The van der Waals surface area contributed by atoms with E-state index in [9.17, 15) is 17.6 Å². The van der Waals surface area contributed by atoms with E-state index >= 15 is 0 Å². The molecule has 0 saturated carbocycles. The molecule has 0 radical (unpaired) electrons. The van der Waals surface area contributed by atoms with Crippen LogP contribution < -0.4 is 4.90 Å². The Morgan fingerprint density at radius 1 is 1.03 bits per heavy atom. The summed E-state index contributed by atoms with van der Waals surface area (Å²) in [6.45, 7) is 6.94. The van der Waals surface area contributed by atoms with Crippen LogP contribution in [0.1, 0.15) is 37.0 Å². The second kappa shape index (κ2) is 10.2. The maximum Gasteiger partial charge on any atom is 0.253 e. The van der Waals surface area contributed by atoms with Crippen molar-refractivity contribution >= 4 is 21.6 Å². The number of carbonyl (C=O) groups excluding carboxylic acids is 1. The predicted octanol–water partition coefficient (Wildman–Crippen LogP) is 3.60. The molecule has 2 aromatic rings. The molecule has 1 fully saturated rings. The highest BCUT2D eigenvalue weighted by atomic mass is 32.2. The summed E-state index contributed by atoms with van der Waals surface area (Å²) in [6.07, 6.45) is 1.90. The molecule has 1 amide bonds. The molecule has 0 unspecified atom stereocenters. The molecule has 3 rings (SSSR count). The molecule has 1 saturated heterocycles. The average Bonchev–Trinajstić information content (AvgIpc) is 2.80. The van der Waals surface area contributed by atoms with E-state index in [-0.39, 0.29) is 16.6 Å². The average molecular weight is 448 g/mol. The standard InChI is InChI=1S/C23H30FN3O3S/c1-3-5-13-25(4-2)23(28)19-7-6-8-22(18-19)31(29,30)27-16-14-26(15-17-27)21-11-9-20(24)10-12-21/h6-12,18H,3-5,13-17H2,1-2H3. The molecule has 1 aliphatic heterocycles. The van der Waals surface area contributed by atoms with E-state index in [4.69, 9.17) is 0 Å². The fraction of sp³-hybridized carbons (Fsp3) is 0.435. The molecule has 0 bridgehead atoms. The third kappa shape index (κ3) is 5.43. The van der Waals surface area contributed by atoms with E-state index in [2.05, 4.69) is 6.92 Å². The summed E-state index contributed by atoms with van der Waals surface area (Å²) < 4.78 is 41.0. The highest BCUT2D eigenvalue weighted by Crippen LogP contribution is 2.22. The number of unbranched alkanes of at least 4 members (excludes halogenated alkanes) is 1. The Bertz CT molecular complexity index is 987. The molecule has 0 N–H and O–H groups in total. The number of benzene rings is 2. The van der Waals surface area contributed by atoms with Crippen molar-refractivity contribution in [2.45, 2.75) is 31.6 Å². The number of rotatable bonds is 8. The Morgan fingerprint density at radius 2 is 1.71 bits per heavy atom. The Hall–Kier alpha value is -2.45. The van der Waals surface area contributed by atoms with Crippen LogP contribution in [-0.2, 0) is 10.0 Å². The minimum atomic E-state index is -3.70. The monoisotopic (exact) mass is 447 g/mol. The maximum absolute atomic E-state index is 13.2. The number of halogens is 1. The van der Waals surface area contributed by atoms with Crippen molar-refractivity contribution in [3.8, 4) is 0 Å². The van der Waals surface area contributed by atoms with Crippen LogP contribution in [0.5, 0.6) is 0 Å². The van der Waals surface area contributed by atoms with Crippen LogP contribution in [0.3, 0.4) is 0 Å². The van der Waals surface area contributed by atoms with Crippen LogP contribution in [0.15, 0.2) is 53.4 Å². The summed E-state index contributed by atoms with van der Waals surface area (Å²) in [6, 6.07) is 12.5. The second-order valence-electron chi connectivity index (χ2n) is 7.63. The van der Waals surface area contributed by atoms with Gasteiger partial charge in [-0.1, -0.05) is 19.4 Å². The summed E-state index contributed by atoms with van der Waals surface area (Å²) in [5.74, 6) is -0.440. The third-order valence-corrected chi connectivity index (χ3v) is 7.49. The van der Waals surface area contributed by atoms with Gasteiger partial charge in [0, 0.05) is 50.5 Å². The van der Waals surface area contributed by atoms with Crippen LogP contribution in [-0.4, -0.2) is 62.8 Å². The molecular formula is C23H30FN3O3S. The van der Waals surface area contributed by atoms with E-state index in [1.165, 1.54) is 22.5 Å². The first-order chi connectivity index (χ1) is 14.9. The lowest BCUT2D eigenvalue weighted by atomic mass is 10.2. The van der Waals surface area contributed by atoms with Crippen LogP contribution in [0.25, 0.3) is 0 Å². The molecule has 1 aliphatic rings. The highest BCUT2D eigenvalue weighted by molar-refractivity contribution is 7.89. The van der Waals surface area contributed by atoms with Gasteiger partial charge in [-0.15, -0.1) is 0 Å². The minimum Gasteiger partial charge on any atom is -0.369 e. The van der Waals surface area contributed by atoms with Gasteiger partial charge in [-0.05, 0) is 55.8 Å². The predicted molar refractivity (Wildman–Crippen MR) is 120 cm³/mol. The number of anilines is 1. The van der Waals surface area contributed by atoms with Crippen molar-refractivity contribution in [1.29, 1.82) is 0 Å². The van der Waals surface area contributed by atoms with E-state index in [0.29, 0.717) is 44.8 Å². The number of sulfonamides is 1. The van der Waals surface area contributed by atoms with Crippen molar-refractivity contribution in [2.75, 3.05) is 44.2 Å². The van der Waals surface area contributed by atoms with Crippen LogP contribution in [0.2, 0.25) is 0 Å². The first kappa shape index (κ1) is 23.2. The van der Waals surface area contributed by atoms with E-state index < -0.39 is 10.0 Å². The molecule has 0 aliphatic carbocycles. The fourth-order valence-corrected chi connectivity index (χ4v) is 5.18. The van der Waals surface area contributed by atoms with Crippen LogP contribution in [0.4, 0.5) is 10.1 Å². The zero-order valence-electron chi connectivity index (χ0n) is 18.1. The molecule has 1 heterocycles. The Kier molecular flexibility index (Phi) is 7.67. The van der Waals surface area contributed by atoms with E-state index in [0.717, 1.165) is 18.5 Å². The van der Waals surface area contributed by atoms with E-state index in [1.807, 2.05) is 11.8 Å². The molecule has 0 atom stereocenters. The zero-order chi connectivity index (χ0) is 22.4. The van der Waals surface area contributed by atoms with Crippen molar-refractivity contribution in [2.24, 2.45) is 0 Å². The first-order valence-corrected chi connectivity index (χ1v) is 12.2. The maximum atomic E-state index is 13.2. The third-order valence-electron chi connectivity index (χ3n) is 5.60. The number of nitrogens with zero attached hydrogens (tertiary/aromatic N) is 3. The van der Waals surface area contributed by atoms with Gasteiger partial charge in [0.05, 0.1) is 4.90 Å². The summed E-state index contributed by atoms with van der Waals surface area (Å²) in [4.78, 5) is 16.8. The number of hydrogen-bond donors (Lipinski definition) is 0. The van der Waals surface area contributed by atoms with Gasteiger partial charge in [0.1, 0.15) is 5.82 Å². The minimum absolute atomic E-state index is 0.139. The van der Waals surface area contributed by atoms with E-state index in [1.54, 1.807) is 35.2 Å². The number of hydrogen-bond acceptors (Lipinski definition) is 4. The Balaban J connectivity index is 1.71. The molecule has 31 heavy (non-hydrogen) atoms. The zero-order valence-corrected chi connectivity index (χ0v) is 18.9. The number of amides is 1. The highest BCUT2D eigenvalue weighted by Gasteiger charge is 2.29. The topological polar surface area (TPSA) is 60.9 Å². The summed E-state index contributed by atoms with van der Waals surface area (Å²) in [5.41, 5.74) is 1.27. The van der Waals surface area contributed by atoms with Crippen molar-refractivity contribution in [3.05, 3.63) is 59.9 Å². The Morgan fingerprint density at radius 3 is 2.32 bits per heavy atom. The SMILES string of the molecule is CCCCN(CC)C(=O)c1cccc(S(=O)(=O)N2CCN(c3ccc(F)cc3)CC2)c1. The second-order valence-corrected chi connectivity index (χ2v) is 9.57. The van der Waals surface area contributed by atoms with Crippen molar-refractivity contribution in [1.82, 2.24) is 9.21 Å². The normalized spacial score (nSPS) is 15.1. The molecular weight excluding hydrogens is 417 g/mol. The smallest absolute Gasteiger partial charge is 0.253 e. The largest absolute Gasteiger partial charge is 0.369 e. The molecule has 0 aromatic heterocycles. The summed E-state index contributed by atoms with van der Waals surface area (Å²) in [5, 5.41) is 0. The van der Waals surface area contributed by atoms with Gasteiger partial charge in [-0.3, -0.25) is 4.79 Å². The van der Waals surface area contributed by atoms with Crippen molar-refractivity contribution < 1.29 is 17.6 Å². The molecule has 168 valence electrons. The van der Waals surface area contributed by atoms with Crippen molar-refractivity contribution in [3.63, 3.8) is 0 Å². The Labute approximate surface area is 184 Å². The van der Waals surface area contributed by atoms with Gasteiger partial charge in [0.15, 0.2) is 0 Å². The molecule has 0 spiro atoms. The fourth-order valence-electron chi connectivity index (χ4n) is 3.71. The quantitative estimate of drug-likeness (QED) is 0.620. The lowest BCUT2D eigenvalue weighted by molar-refractivity contribution is 0.0762. The number of carbonyl (C=O) groups is 1. The number of piperazine rings is 1. The van der Waals surface area contributed by atoms with Gasteiger partial charge >= 0.3 is 0 Å². The summed E-state index contributed by atoms with van der Waals surface area (Å²) in [7, 11) is -3.70. The lowest BCUT2D eigenvalue weighted by Gasteiger charge is -2.35. The van der Waals surface area contributed by atoms with Crippen LogP contribution >= 0.6 is 0 Å². The summed E-state index contributed by atoms with van der Waals surface area (Å²) >= 11 is 0. The van der Waals surface area contributed by atoms with Gasteiger partial charge in [0.2, 0.25) is 10.0 Å². The molecule has 6 nitrogen and oxygen atoms in total. The molecule has 2 aromatic carbocycles. The van der Waals surface area contributed by atoms with Gasteiger partial charge in [-0.25, -0.2) is 12.8 Å². The van der Waals surface area contributed by atoms with Gasteiger partial charge < -0.3 is 9.80 Å².